The number of rotatable bonds is 7. The van der Waals surface area contributed by atoms with Crippen LogP contribution in [0.1, 0.15) is 42.5 Å². The van der Waals surface area contributed by atoms with Gasteiger partial charge in [0.05, 0.1) is 13.2 Å². The maximum absolute atomic E-state index is 12.0. The molecule has 31 heavy (non-hydrogen) atoms. The maximum Gasteiger partial charge on any atom is 0.254 e. The first-order valence-electron chi connectivity index (χ1n) is 10.6. The van der Waals surface area contributed by atoms with Gasteiger partial charge in [-0.15, -0.1) is 0 Å². The van der Waals surface area contributed by atoms with Crippen LogP contribution in [-0.4, -0.2) is 28.2 Å². The first kappa shape index (κ1) is 20.9. The molecule has 0 unspecified atom stereocenters. The molecule has 0 atom stereocenters. The normalized spacial score (nSPS) is 13.9. The zero-order valence-corrected chi connectivity index (χ0v) is 18.2. The number of nitrogens with one attached hydrogen (secondary N) is 2. The lowest BCUT2D eigenvalue weighted by Gasteiger charge is -2.18. The number of nitrogens with zero attached hydrogens (tertiary/aromatic N) is 2. The second kappa shape index (κ2) is 9.20. The van der Waals surface area contributed by atoms with Crippen LogP contribution < -0.4 is 20.3 Å². The molecule has 1 aliphatic rings. The number of pyridine rings is 1. The highest BCUT2D eigenvalue weighted by atomic mass is 16.5. The van der Waals surface area contributed by atoms with Crippen LogP contribution in [0.5, 0.6) is 11.5 Å². The Morgan fingerprint density at radius 2 is 1.97 bits per heavy atom. The Labute approximate surface area is 181 Å². The zero-order valence-electron chi connectivity index (χ0n) is 18.2. The van der Waals surface area contributed by atoms with Gasteiger partial charge >= 0.3 is 0 Å². The standard InChI is InChI=1S/C24H28N4O3/c1-15-16(2)27-23(28-24(15)29)18-9-11-22(26-14-18)25-13-17-8-10-20(30-3)12-21(17)31-19-6-4-5-7-19/h8-12,14,19H,4-7,13H2,1-3H3,(H,25,26)(H,27,28,29). The molecule has 0 spiro atoms. The lowest BCUT2D eigenvalue weighted by molar-refractivity contribution is 0.207. The van der Waals surface area contributed by atoms with E-state index in [2.05, 4.69) is 20.3 Å². The van der Waals surface area contributed by atoms with Crippen molar-refractivity contribution in [2.24, 2.45) is 0 Å². The van der Waals surface area contributed by atoms with Gasteiger partial charge in [-0.1, -0.05) is 0 Å². The second-order valence-corrected chi connectivity index (χ2v) is 7.91. The fourth-order valence-electron chi connectivity index (χ4n) is 3.71. The highest BCUT2D eigenvalue weighted by molar-refractivity contribution is 5.56. The molecule has 1 fully saturated rings. The molecule has 2 heterocycles. The molecule has 0 aliphatic heterocycles. The van der Waals surface area contributed by atoms with Gasteiger partial charge in [0.25, 0.3) is 5.56 Å². The summed E-state index contributed by atoms with van der Waals surface area (Å²) in [5.41, 5.74) is 3.04. The molecule has 1 aliphatic carbocycles. The van der Waals surface area contributed by atoms with Gasteiger partial charge in [0.15, 0.2) is 0 Å². The highest BCUT2D eigenvalue weighted by Crippen LogP contribution is 2.30. The number of aromatic amines is 1. The topological polar surface area (TPSA) is 89.1 Å². The SMILES string of the molecule is COc1ccc(CNc2ccc(-c3nc(C)c(C)c(=O)[nH]3)cn2)c(OC2CCCC2)c1. The number of ether oxygens (including phenoxy) is 2. The molecule has 1 aromatic carbocycles. The molecule has 3 aromatic rings. The quantitative estimate of drug-likeness (QED) is 0.589. The van der Waals surface area contributed by atoms with Crippen molar-refractivity contribution in [2.45, 2.75) is 52.2 Å². The minimum Gasteiger partial charge on any atom is -0.497 e. The Morgan fingerprint density at radius 1 is 1.16 bits per heavy atom. The third-order valence-electron chi connectivity index (χ3n) is 5.76. The number of hydrogen-bond donors (Lipinski definition) is 2. The summed E-state index contributed by atoms with van der Waals surface area (Å²) in [6.45, 7) is 4.18. The summed E-state index contributed by atoms with van der Waals surface area (Å²) in [6, 6.07) is 9.69. The summed E-state index contributed by atoms with van der Waals surface area (Å²) in [7, 11) is 1.66. The average Bonchev–Trinajstić information content (AvgIpc) is 3.29. The lowest BCUT2D eigenvalue weighted by Crippen LogP contribution is -2.14. The fourth-order valence-corrected chi connectivity index (χ4v) is 3.71. The number of aromatic nitrogens is 3. The summed E-state index contributed by atoms with van der Waals surface area (Å²) >= 11 is 0. The van der Waals surface area contributed by atoms with Crippen LogP contribution in [0.25, 0.3) is 11.4 Å². The number of aryl methyl sites for hydroxylation is 1. The molecular weight excluding hydrogens is 392 g/mol. The van der Waals surface area contributed by atoms with E-state index in [4.69, 9.17) is 9.47 Å². The van der Waals surface area contributed by atoms with Crippen molar-refractivity contribution in [3.63, 3.8) is 0 Å². The summed E-state index contributed by atoms with van der Waals surface area (Å²) in [6.07, 6.45) is 6.62. The molecule has 4 rings (SSSR count). The average molecular weight is 421 g/mol. The summed E-state index contributed by atoms with van der Waals surface area (Å²) < 4.78 is 11.6. The van der Waals surface area contributed by atoms with Crippen LogP contribution in [0.2, 0.25) is 0 Å². The largest absolute Gasteiger partial charge is 0.497 e. The Morgan fingerprint density at radius 3 is 2.65 bits per heavy atom. The van der Waals surface area contributed by atoms with Crippen molar-refractivity contribution in [2.75, 3.05) is 12.4 Å². The Hall–Kier alpha value is -3.35. The minimum absolute atomic E-state index is 0.126. The van der Waals surface area contributed by atoms with Gasteiger partial charge in [-0.3, -0.25) is 4.79 Å². The van der Waals surface area contributed by atoms with E-state index in [0.29, 0.717) is 17.9 Å². The first-order valence-corrected chi connectivity index (χ1v) is 10.6. The van der Waals surface area contributed by atoms with E-state index in [-0.39, 0.29) is 11.7 Å². The lowest BCUT2D eigenvalue weighted by atomic mass is 10.1. The van der Waals surface area contributed by atoms with Crippen molar-refractivity contribution in [3.05, 3.63) is 63.7 Å². The van der Waals surface area contributed by atoms with Crippen LogP contribution in [0.3, 0.4) is 0 Å². The molecule has 2 N–H and O–H groups in total. The molecule has 0 amide bonds. The number of anilines is 1. The van der Waals surface area contributed by atoms with Crippen molar-refractivity contribution in [1.29, 1.82) is 0 Å². The summed E-state index contributed by atoms with van der Waals surface area (Å²) in [5.74, 6) is 2.90. The fraction of sp³-hybridized carbons (Fsp3) is 0.375. The Balaban J connectivity index is 1.47. The third kappa shape index (κ3) is 4.87. The van der Waals surface area contributed by atoms with Gasteiger partial charge in [0.2, 0.25) is 0 Å². The highest BCUT2D eigenvalue weighted by Gasteiger charge is 2.18. The molecule has 2 aromatic heterocycles. The predicted molar refractivity (Wildman–Crippen MR) is 121 cm³/mol. The molecule has 162 valence electrons. The molecule has 7 heteroatoms. The van der Waals surface area contributed by atoms with E-state index in [1.807, 2.05) is 37.3 Å². The van der Waals surface area contributed by atoms with Crippen LogP contribution >= 0.6 is 0 Å². The van der Waals surface area contributed by atoms with Crippen LogP contribution in [0, 0.1) is 13.8 Å². The van der Waals surface area contributed by atoms with E-state index < -0.39 is 0 Å². The zero-order chi connectivity index (χ0) is 21.8. The molecule has 0 saturated heterocycles. The van der Waals surface area contributed by atoms with Gasteiger partial charge in [-0.05, 0) is 63.8 Å². The van der Waals surface area contributed by atoms with E-state index in [1.165, 1.54) is 12.8 Å². The number of benzene rings is 1. The molecule has 7 nitrogen and oxygen atoms in total. The van der Waals surface area contributed by atoms with E-state index in [9.17, 15) is 4.79 Å². The van der Waals surface area contributed by atoms with Crippen molar-refractivity contribution in [1.82, 2.24) is 15.0 Å². The van der Waals surface area contributed by atoms with Gasteiger partial charge in [0.1, 0.15) is 23.1 Å². The van der Waals surface area contributed by atoms with Crippen molar-refractivity contribution >= 4 is 5.82 Å². The van der Waals surface area contributed by atoms with Gasteiger partial charge < -0.3 is 19.8 Å². The van der Waals surface area contributed by atoms with Gasteiger partial charge in [0, 0.05) is 41.2 Å². The van der Waals surface area contributed by atoms with Gasteiger partial charge in [-0.25, -0.2) is 9.97 Å². The number of methoxy groups -OCH3 is 1. The molecule has 1 saturated carbocycles. The predicted octanol–water partition coefficient (Wildman–Crippen LogP) is 4.39. The Bertz CT molecular complexity index is 1100. The number of H-pyrrole nitrogens is 1. The van der Waals surface area contributed by atoms with E-state index in [1.54, 1.807) is 20.2 Å². The van der Waals surface area contributed by atoms with E-state index >= 15 is 0 Å². The second-order valence-electron chi connectivity index (χ2n) is 7.91. The minimum atomic E-state index is -0.126. The molecular formula is C24H28N4O3. The van der Waals surface area contributed by atoms with Crippen molar-refractivity contribution < 1.29 is 9.47 Å². The van der Waals surface area contributed by atoms with Crippen molar-refractivity contribution in [3.8, 4) is 22.9 Å². The van der Waals surface area contributed by atoms with Crippen LogP contribution in [-0.2, 0) is 6.54 Å². The van der Waals surface area contributed by atoms with E-state index in [0.717, 1.165) is 47.0 Å². The molecule has 0 radical (unpaired) electrons. The smallest absolute Gasteiger partial charge is 0.254 e. The van der Waals surface area contributed by atoms with Crippen LogP contribution in [0.4, 0.5) is 5.82 Å². The molecule has 0 bridgehead atoms. The Kier molecular flexibility index (Phi) is 6.21. The summed E-state index contributed by atoms with van der Waals surface area (Å²) in [5, 5.41) is 3.35. The third-order valence-corrected chi connectivity index (χ3v) is 5.76. The summed E-state index contributed by atoms with van der Waals surface area (Å²) in [4.78, 5) is 23.8. The monoisotopic (exact) mass is 420 g/mol. The van der Waals surface area contributed by atoms with Crippen LogP contribution in [0.15, 0.2) is 41.3 Å². The number of hydrogen-bond acceptors (Lipinski definition) is 6. The maximum atomic E-state index is 12.0. The first-order chi connectivity index (χ1) is 15.0. The van der Waals surface area contributed by atoms with Gasteiger partial charge in [-0.2, -0.15) is 0 Å².